The third kappa shape index (κ3) is 4.99. The van der Waals surface area contributed by atoms with Crippen LogP contribution in [0.15, 0.2) is 0 Å². The number of carbonyl (C=O) groups excluding carboxylic acids is 1. The molecule has 0 bridgehead atoms. The highest BCUT2D eigenvalue weighted by Crippen LogP contribution is 2.42. The van der Waals surface area contributed by atoms with Gasteiger partial charge in [0.1, 0.15) is 0 Å². The van der Waals surface area contributed by atoms with E-state index in [9.17, 15) is 4.79 Å². The fourth-order valence-electron chi connectivity index (χ4n) is 3.07. The van der Waals surface area contributed by atoms with E-state index in [1.54, 1.807) is 6.92 Å². The first-order chi connectivity index (χ1) is 8.93. The van der Waals surface area contributed by atoms with Crippen molar-refractivity contribution < 1.29 is 4.79 Å². The van der Waals surface area contributed by atoms with Gasteiger partial charge in [-0.25, -0.2) is 0 Å². The van der Waals surface area contributed by atoms with Crippen LogP contribution in [0.3, 0.4) is 0 Å². The molecule has 1 N–H and O–H groups in total. The molecule has 0 radical (unpaired) electrons. The van der Waals surface area contributed by atoms with Gasteiger partial charge in [0, 0.05) is 6.42 Å². The summed E-state index contributed by atoms with van der Waals surface area (Å²) in [4.78, 5) is 12.0. The smallest absolute Gasteiger partial charge is 0.232 e. The number of hydrogen-bond acceptors (Lipinski definition) is 1. The van der Waals surface area contributed by atoms with Gasteiger partial charge in [-0.3, -0.25) is 4.79 Å². The molecule has 1 aliphatic rings. The van der Waals surface area contributed by atoms with Crippen LogP contribution in [-0.4, -0.2) is 11.4 Å². The van der Waals surface area contributed by atoms with Gasteiger partial charge in [-0.05, 0) is 38.5 Å². The van der Waals surface area contributed by atoms with E-state index in [0.29, 0.717) is 0 Å². The van der Waals surface area contributed by atoms with Gasteiger partial charge in [0.15, 0.2) is 0 Å². The van der Waals surface area contributed by atoms with Gasteiger partial charge in [-0.1, -0.05) is 26.2 Å². The van der Waals surface area contributed by atoms with Crippen LogP contribution < -0.4 is 5.32 Å². The summed E-state index contributed by atoms with van der Waals surface area (Å²) in [5.41, 5.74) is 0.120. The summed E-state index contributed by atoms with van der Waals surface area (Å²) in [6, 6.07) is 0. The van der Waals surface area contributed by atoms with E-state index in [4.69, 9.17) is 0 Å². The molecule has 1 rings (SSSR count). The first-order valence-corrected chi connectivity index (χ1v) is 7.03. The van der Waals surface area contributed by atoms with Crippen LogP contribution in [0.25, 0.3) is 0 Å². The van der Waals surface area contributed by atoms with Crippen LogP contribution in [0.2, 0.25) is 0 Å². The van der Waals surface area contributed by atoms with Crippen molar-refractivity contribution in [2.45, 2.75) is 71.8 Å². The molecule has 0 spiro atoms. The van der Waals surface area contributed by atoms with E-state index in [1.165, 1.54) is 6.42 Å². The van der Waals surface area contributed by atoms with E-state index in [0.717, 1.165) is 25.7 Å². The Morgan fingerprint density at radius 1 is 1.16 bits per heavy atom. The Morgan fingerprint density at radius 3 is 2.42 bits per heavy atom. The molecule has 0 heterocycles. The molecule has 1 unspecified atom stereocenters. The van der Waals surface area contributed by atoms with Gasteiger partial charge in [-0.2, -0.15) is 0 Å². The van der Waals surface area contributed by atoms with Gasteiger partial charge in [0.2, 0.25) is 5.91 Å². The summed E-state index contributed by atoms with van der Waals surface area (Å²) in [6.45, 7) is 8.16. The molecular weight excluding hydrogens is 234 g/mol. The van der Waals surface area contributed by atoms with Gasteiger partial charge in [0.05, 0.1) is 12.0 Å². The lowest BCUT2D eigenvalue weighted by Gasteiger charge is -2.44. The minimum absolute atomic E-state index is 0.0324. The van der Waals surface area contributed by atoms with Gasteiger partial charge < -0.3 is 5.32 Å². The first-order valence-electron chi connectivity index (χ1n) is 7.03. The highest BCUT2D eigenvalue weighted by atomic mass is 16.1. The van der Waals surface area contributed by atoms with Crippen LogP contribution in [0.5, 0.6) is 0 Å². The zero-order chi connectivity index (χ0) is 14.4. The summed E-state index contributed by atoms with van der Waals surface area (Å²) < 4.78 is 0. The zero-order valence-corrected chi connectivity index (χ0v) is 12.7. The van der Waals surface area contributed by atoms with Crippen molar-refractivity contribution in [3.63, 3.8) is 0 Å². The maximum Gasteiger partial charge on any atom is 0.232 e. The Kier molecular flexibility index (Phi) is 5.49. The average molecular weight is 259 g/mol. The normalized spacial score (nSPS) is 24.4. The Labute approximate surface area is 117 Å². The van der Waals surface area contributed by atoms with E-state index in [1.807, 2.05) is 6.92 Å². The fourth-order valence-corrected chi connectivity index (χ4v) is 3.07. The molecule has 1 saturated carbocycles. The third-order valence-electron chi connectivity index (χ3n) is 3.76. The molecule has 0 saturated heterocycles. The maximum absolute atomic E-state index is 12.0. The van der Waals surface area contributed by atoms with Crippen molar-refractivity contribution in [1.29, 1.82) is 0 Å². The molecule has 1 atom stereocenters. The molecule has 1 amide bonds. The Bertz CT molecular complexity index is 441. The molecule has 104 valence electrons. The first kappa shape index (κ1) is 15.6. The largest absolute Gasteiger partial charge is 0.349 e. The molecule has 2 nitrogen and oxygen atoms in total. The van der Waals surface area contributed by atoms with Crippen molar-refractivity contribution in [2.75, 3.05) is 0 Å². The third-order valence-corrected chi connectivity index (χ3v) is 3.76. The quantitative estimate of drug-likeness (QED) is 0.774. The fraction of sp³-hybridized carbons (Fsp3) is 0.706. The molecule has 0 aliphatic heterocycles. The molecule has 1 fully saturated rings. The summed E-state index contributed by atoms with van der Waals surface area (Å²) in [5, 5.41) is 3.21. The van der Waals surface area contributed by atoms with Crippen LogP contribution >= 0.6 is 0 Å². The van der Waals surface area contributed by atoms with E-state index < -0.39 is 0 Å². The highest BCUT2D eigenvalue weighted by Gasteiger charge is 2.40. The predicted octanol–water partition coefficient (Wildman–Crippen LogP) is 3.27. The average Bonchev–Trinajstić information content (AvgIpc) is 2.32. The zero-order valence-electron chi connectivity index (χ0n) is 12.7. The van der Waals surface area contributed by atoms with Gasteiger partial charge in [-0.15, -0.1) is 17.8 Å². The van der Waals surface area contributed by atoms with E-state index in [2.05, 4.69) is 42.8 Å². The lowest BCUT2D eigenvalue weighted by atomic mass is 9.67. The van der Waals surface area contributed by atoms with Crippen LogP contribution in [0.4, 0.5) is 0 Å². The molecule has 2 heteroatoms. The van der Waals surface area contributed by atoms with E-state index in [-0.39, 0.29) is 23.3 Å². The minimum Gasteiger partial charge on any atom is -0.349 e. The molecule has 0 aromatic rings. The molecule has 0 aromatic heterocycles. The topological polar surface area (TPSA) is 29.1 Å². The van der Waals surface area contributed by atoms with Crippen molar-refractivity contribution in [2.24, 2.45) is 5.41 Å². The van der Waals surface area contributed by atoms with Gasteiger partial charge >= 0.3 is 0 Å². The summed E-state index contributed by atoms with van der Waals surface area (Å²) >= 11 is 0. The molecule has 19 heavy (non-hydrogen) atoms. The standard InChI is InChI=1S/C17H25NO/c1-5-7-10-15(19)18-17(12-8-6-2)13-9-11-16(3,4)14-17/h9-14H2,1-4H3,(H,18,19). The Morgan fingerprint density at radius 2 is 1.84 bits per heavy atom. The lowest BCUT2D eigenvalue weighted by Crippen LogP contribution is -2.52. The number of amides is 1. The van der Waals surface area contributed by atoms with Crippen LogP contribution in [-0.2, 0) is 4.79 Å². The number of rotatable bonds is 3. The summed E-state index contributed by atoms with van der Waals surface area (Å²) in [5.74, 6) is 11.7. The number of nitrogens with one attached hydrogen (secondary N) is 1. The van der Waals surface area contributed by atoms with Crippen molar-refractivity contribution >= 4 is 5.91 Å². The monoisotopic (exact) mass is 259 g/mol. The SMILES string of the molecule is CC#CCC(=O)NC1(CC#CC)CCCC(C)(C)C1. The van der Waals surface area contributed by atoms with Crippen LogP contribution in [0.1, 0.15) is 66.2 Å². The Hall–Kier alpha value is -1.41. The maximum atomic E-state index is 12.0. The predicted molar refractivity (Wildman–Crippen MR) is 79.3 cm³/mol. The second-order valence-corrected chi connectivity index (χ2v) is 6.23. The Balaban J connectivity index is 2.81. The van der Waals surface area contributed by atoms with Gasteiger partial charge in [0.25, 0.3) is 0 Å². The number of carbonyl (C=O) groups is 1. The molecule has 1 aliphatic carbocycles. The van der Waals surface area contributed by atoms with Crippen molar-refractivity contribution in [1.82, 2.24) is 5.32 Å². The lowest BCUT2D eigenvalue weighted by molar-refractivity contribution is -0.122. The van der Waals surface area contributed by atoms with Crippen molar-refractivity contribution in [3.05, 3.63) is 0 Å². The second-order valence-electron chi connectivity index (χ2n) is 6.23. The second kappa shape index (κ2) is 6.67. The van der Waals surface area contributed by atoms with Crippen molar-refractivity contribution in [3.8, 4) is 23.7 Å². The number of hydrogen-bond donors (Lipinski definition) is 1. The molecular formula is C17H25NO. The summed E-state index contributed by atoms with van der Waals surface area (Å²) in [6.07, 6.45) is 5.43. The van der Waals surface area contributed by atoms with E-state index >= 15 is 0 Å². The highest BCUT2D eigenvalue weighted by molar-refractivity contribution is 5.79. The molecule has 0 aromatic carbocycles. The minimum atomic E-state index is -0.155. The summed E-state index contributed by atoms with van der Waals surface area (Å²) in [7, 11) is 0. The van der Waals surface area contributed by atoms with Crippen LogP contribution in [0, 0.1) is 29.1 Å².